The lowest BCUT2D eigenvalue weighted by Gasteiger charge is -2.17. The molecule has 1 aliphatic carbocycles. The van der Waals surface area contributed by atoms with Gasteiger partial charge < -0.3 is 4.90 Å². The summed E-state index contributed by atoms with van der Waals surface area (Å²) < 4.78 is 1.48. The van der Waals surface area contributed by atoms with Crippen molar-refractivity contribution in [2.24, 2.45) is 7.05 Å². The molecular formula is C10H11N3O2. The second-order valence-corrected chi connectivity index (χ2v) is 3.68. The van der Waals surface area contributed by atoms with Gasteiger partial charge in [-0.15, -0.1) is 0 Å². The molecule has 0 atom stereocenters. The summed E-state index contributed by atoms with van der Waals surface area (Å²) in [6.45, 7) is 0. The second-order valence-electron chi connectivity index (χ2n) is 3.68. The molecule has 0 spiro atoms. The molecule has 15 heavy (non-hydrogen) atoms. The van der Waals surface area contributed by atoms with E-state index < -0.39 is 0 Å². The molecule has 0 saturated carbocycles. The highest BCUT2D eigenvalue weighted by atomic mass is 16.1. The van der Waals surface area contributed by atoms with Crippen molar-refractivity contribution in [1.82, 2.24) is 14.7 Å². The summed E-state index contributed by atoms with van der Waals surface area (Å²) in [6.07, 6.45) is 2.92. The largest absolute Gasteiger partial charge is 0.374 e. The molecule has 78 valence electrons. The Morgan fingerprint density at radius 3 is 2.60 bits per heavy atom. The predicted molar refractivity (Wildman–Crippen MR) is 53.6 cm³/mol. The van der Waals surface area contributed by atoms with Gasteiger partial charge in [-0.05, 0) is 0 Å². The summed E-state index contributed by atoms with van der Waals surface area (Å²) in [6, 6.07) is 0. The summed E-state index contributed by atoms with van der Waals surface area (Å²) in [7, 11) is 5.14. The van der Waals surface area contributed by atoms with Gasteiger partial charge in [0.25, 0.3) is 0 Å². The first-order valence-electron chi connectivity index (χ1n) is 4.52. The monoisotopic (exact) mass is 205 g/mol. The zero-order chi connectivity index (χ0) is 11.2. The number of allylic oxidation sites excluding steroid dienone is 2. The molecule has 0 aromatic carbocycles. The van der Waals surface area contributed by atoms with E-state index in [9.17, 15) is 9.59 Å². The minimum absolute atomic E-state index is 0.165. The molecule has 0 bridgehead atoms. The Morgan fingerprint density at radius 2 is 2.00 bits per heavy atom. The van der Waals surface area contributed by atoms with Crippen molar-refractivity contribution in [1.29, 1.82) is 0 Å². The van der Waals surface area contributed by atoms with Crippen LogP contribution in [0.25, 0.3) is 0 Å². The molecule has 0 N–H and O–H groups in total. The quantitative estimate of drug-likeness (QED) is 0.659. The standard InChI is InChI=1S/C10H11N3O2/c1-12(2)7-4-8(14)6-5-13(3)11-9(6)10(7)15/h4-5H,1-3H3. The number of hydrogen-bond donors (Lipinski definition) is 0. The first-order chi connectivity index (χ1) is 7.00. The molecule has 0 unspecified atom stereocenters. The number of rotatable bonds is 1. The van der Waals surface area contributed by atoms with Crippen molar-refractivity contribution in [3.8, 4) is 0 Å². The molecule has 5 heteroatoms. The molecule has 2 rings (SSSR count). The first-order valence-corrected chi connectivity index (χ1v) is 4.52. The van der Waals surface area contributed by atoms with E-state index in [4.69, 9.17) is 0 Å². The molecule has 0 fully saturated rings. The van der Waals surface area contributed by atoms with E-state index in [1.165, 1.54) is 10.8 Å². The summed E-state index contributed by atoms with van der Waals surface area (Å²) in [5.74, 6) is -0.364. The number of hydrogen-bond acceptors (Lipinski definition) is 4. The van der Waals surface area contributed by atoms with E-state index in [0.29, 0.717) is 11.3 Å². The fourth-order valence-corrected chi connectivity index (χ4v) is 1.56. The lowest BCUT2D eigenvalue weighted by molar-refractivity contribution is 0.0959. The zero-order valence-electron chi connectivity index (χ0n) is 8.81. The Kier molecular flexibility index (Phi) is 1.96. The van der Waals surface area contributed by atoms with Crippen LogP contribution in [0.3, 0.4) is 0 Å². The molecule has 5 nitrogen and oxygen atoms in total. The highest BCUT2D eigenvalue weighted by Crippen LogP contribution is 2.20. The number of fused-ring (bicyclic) bond motifs is 1. The molecule has 0 saturated heterocycles. The van der Waals surface area contributed by atoms with Gasteiger partial charge in [-0.2, -0.15) is 5.10 Å². The van der Waals surface area contributed by atoms with Crippen molar-refractivity contribution >= 4 is 11.6 Å². The van der Waals surface area contributed by atoms with Crippen LogP contribution in [-0.2, 0) is 7.05 Å². The minimum Gasteiger partial charge on any atom is -0.374 e. The van der Waals surface area contributed by atoms with Gasteiger partial charge in [-0.25, -0.2) is 0 Å². The van der Waals surface area contributed by atoms with Crippen LogP contribution in [-0.4, -0.2) is 40.3 Å². The van der Waals surface area contributed by atoms with E-state index >= 15 is 0 Å². The van der Waals surface area contributed by atoms with E-state index in [1.807, 2.05) is 0 Å². The minimum atomic E-state index is -0.199. The Morgan fingerprint density at radius 1 is 1.33 bits per heavy atom. The Bertz CT molecular complexity index is 483. The molecule has 1 aliphatic rings. The maximum absolute atomic E-state index is 11.9. The van der Waals surface area contributed by atoms with Crippen LogP contribution in [0.4, 0.5) is 0 Å². The molecule has 1 aromatic heterocycles. The summed E-state index contributed by atoms with van der Waals surface area (Å²) >= 11 is 0. The number of carbonyl (C=O) groups is 2. The van der Waals surface area contributed by atoms with E-state index in [1.54, 1.807) is 32.2 Å². The van der Waals surface area contributed by atoms with Gasteiger partial charge >= 0.3 is 0 Å². The van der Waals surface area contributed by atoms with Crippen LogP contribution in [0.1, 0.15) is 20.8 Å². The third-order valence-electron chi connectivity index (χ3n) is 2.29. The van der Waals surface area contributed by atoms with Gasteiger partial charge in [-0.1, -0.05) is 0 Å². The molecule has 1 heterocycles. The lowest BCUT2D eigenvalue weighted by Crippen LogP contribution is -2.25. The number of ketones is 2. The number of nitrogens with zero attached hydrogens (tertiary/aromatic N) is 3. The summed E-state index contributed by atoms with van der Waals surface area (Å²) in [5, 5.41) is 3.99. The van der Waals surface area contributed by atoms with Crippen LogP contribution in [0.15, 0.2) is 18.0 Å². The predicted octanol–water partition coefficient (Wildman–Crippen LogP) is 0.245. The van der Waals surface area contributed by atoms with Gasteiger partial charge in [0.2, 0.25) is 5.78 Å². The number of aromatic nitrogens is 2. The topological polar surface area (TPSA) is 55.2 Å². The Balaban J connectivity index is 2.57. The van der Waals surface area contributed by atoms with Crippen molar-refractivity contribution in [2.75, 3.05) is 14.1 Å². The second kappa shape index (κ2) is 3.05. The summed E-state index contributed by atoms with van der Waals surface area (Å²) in [5.41, 5.74) is 1.01. The average molecular weight is 205 g/mol. The van der Waals surface area contributed by atoms with Crippen LogP contribution in [0.2, 0.25) is 0 Å². The van der Waals surface area contributed by atoms with Gasteiger partial charge in [0.15, 0.2) is 5.78 Å². The highest BCUT2D eigenvalue weighted by Gasteiger charge is 2.29. The zero-order valence-corrected chi connectivity index (χ0v) is 8.81. The SMILES string of the molecule is CN(C)C1=CC(=O)c2cn(C)nc2C1=O. The third-order valence-corrected chi connectivity index (χ3v) is 2.29. The maximum Gasteiger partial charge on any atom is 0.230 e. The number of likely N-dealkylation sites (N-methyl/N-ethyl adjacent to an activating group) is 1. The Labute approximate surface area is 87.0 Å². The maximum atomic E-state index is 11.9. The van der Waals surface area contributed by atoms with Crippen LogP contribution < -0.4 is 0 Å². The fourth-order valence-electron chi connectivity index (χ4n) is 1.56. The van der Waals surface area contributed by atoms with Crippen molar-refractivity contribution in [3.05, 3.63) is 29.2 Å². The first kappa shape index (κ1) is 9.64. The molecule has 0 radical (unpaired) electrons. The molecule has 0 amide bonds. The van der Waals surface area contributed by atoms with Crippen molar-refractivity contribution < 1.29 is 9.59 Å². The average Bonchev–Trinajstić information content (AvgIpc) is 2.53. The lowest BCUT2D eigenvalue weighted by atomic mass is 9.99. The van der Waals surface area contributed by atoms with Crippen molar-refractivity contribution in [2.45, 2.75) is 0 Å². The fraction of sp³-hybridized carbons (Fsp3) is 0.300. The normalized spacial score (nSPS) is 15.0. The Hall–Kier alpha value is -1.91. The molecular weight excluding hydrogens is 194 g/mol. The number of aryl methyl sites for hydroxylation is 1. The van der Waals surface area contributed by atoms with E-state index in [-0.39, 0.29) is 17.3 Å². The number of Topliss-reactive ketones (excluding diaryl/α,β-unsaturated/α-hetero) is 1. The smallest absolute Gasteiger partial charge is 0.230 e. The van der Waals surface area contributed by atoms with Crippen molar-refractivity contribution in [3.63, 3.8) is 0 Å². The van der Waals surface area contributed by atoms with Crippen LogP contribution >= 0.6 is 0 Å². The molecule has 1 aromatic rings. The van der Waals surface area contributed by atoms with Gasteiger partial charge in [0.05, 0.1) is 11.3 Å². The van der Waals surface area contributed by atoms with Crippen LogP contribution in [0.5, 0.6) is 0 Å². The van der Waals surface area contributed by atoms with E-state index in [0.717, 1.165) is 0 Å². The van der Waals surface area contributed by atoms with Gasteiger partial charge in [0.1, 0.15) is 5.69 Å². The third kappa shape index (κ3) is 1.36. The molecule has 0 aliphatic heterocycles. The summed E-state index contributed by atoms with van der Waals surface area (Å²) in [4.78, 5) is 25.2. The van der Waals surface area contributed by atoms with Crippen LogP contribution in [0, 0.1) is 0 Å². The van der Waals surface area contributed by atoms with Gasteiger partial charge in [0, 0.05) is 33.4 Å². The number of carbonyl (C=O) groups excluding carboxylic acids is 2. The highest BCUT2D eigenvalue weighted by molar-refractivity contribution is 6.23. The van der Waals surface area contributed by atoms with E-state index in [2.05, 4.69) is 5.10 Å². The van der Waals surface area contributed by atoms with Gasteiger partial charge in [-0.3, -0.25) is 14.3 Å².